The van der Waals surface area contributed by atoms with E-state index in [1.54, 1.807) is 7.11 Å². The van der Waals surface area contributed by atoms with E-state index in [0.29, 0.717) is 10.0 Å². The Morgan fingerprint density at radius 3 is 2.40 bits per heavy atom. The zero-order valence-electron chi connectivity index (χ0n) is 11.1. The SMILES string of the molecule is CNC(c1ccc(Br)c(Cl)c1)c1ccc(OC)cc1Cl. The lowest BCUT2D eigenvalue weighted by atomic mass is 9.98. The molecule has 0 spiro atoms. The van der Waals surface area contributed by atoms with Crippen molar-refractivity contribution in [3.8, 4) is 5.75 Å². The molecule has 0 saturated carbocycles. The van der Waals surface area contributed by atoms with Gasteiger partial charge in [0.1, 0.15) is 5.75 Å². The second kappa shape index (κ2) is 6.81. The van der Waals surface area contributed by atoms with Crippen molar-refractivity contribution in [1.29, 1.82) is 0 Å². The van der Waals surface area contributed by atoms with Crippen LogP contribution >= 0.6 is 39.1 Å². The number of ether oxygens (including phenoxy) is 1. The molecule has 1 unspecified atom stereocenters. The summed E-state index contributed by atoms with van der Waals surface area (Å²) < 4.78 is 6.05. The minimum atomic E-state index is -0.0287. The molecule has 0 aliphatic heterocycles. The van der Waals surface area contributed by atoms with E-state index in [-0.39, 0.29) is 6.04 Å². The third kappa shape index (κ3) is 3.29. The summed E-state index contributed by atoms with van der Waals surface area (Å²) in [6, 6.07) is 11.5. The van der Waals surface area contributed by atoms with Crippen LogP contribution in [0, 0.1) is 0 Å². The highest BCUT2D eigenvalue weighted by molar-refractivity contribution is 9.10. The number of methoxy groups -OCH3 is 1. The molecule has 20 heavy (non-hydrogen) atoms. The standard InChI is InChI=1S/C15H14BrCl2NO/c1-19-15(9-3-6-12(16)14(18)7-9)11-5-4-10(20-2)8-13(11)17/h3-8,15,19H,1-2H3. The molecule has 2 rings (SSSR count). The molecule has 2 aromatic rings. The molecular weight excluding hydrogens is 361 g/mol. The molecule has 106 valence electrons. The van der Waals surface area contributed by atoms with Crippen LogP contribution in [0.2, 0.25) is 10.0 Å². The molecule has 0 saturated heterocycles. The van der Waals surface area contributed by atoms with Crippen LogP contribution in [-0.4, -0.2) is 14.2 Å². The van der Waals surface area contributed by atoms with Gasteiger partial charge in [-0.25, -0.2) is 0 Å². The highest BCUT2D eigenvalue weighted by Crippen LogP contribution is 2.33. The van der Waals surface area contributed by atoms with Gasteiger partial charge in [0.05, 0.1) is 18.2 Å². The smallest absolute Gasteiger partial charge is 0.120 e. The molecule has 0 aromatic heterocycles. The maximum Gasteiger partial charge on any atom is 0.120 e. The molecule has 0 bridgehead atoms. The fourth-order valence-electron chi connectivity index (χ4n) is 2.06. The molecule has 1 atom stereocenters. The third-order valence-corrected chi connectivity index (χ3v) is 4.64. The van der Waals surface area contributed by atoms with Crippen LogP contribution in [0.15, 0.2) is 40.9 Å². The number of halogens is 3. The van der Waals surface area contributed by atoms with E-state index in [1.165, 1.54) is 0 Å². The Morgan fingerprint density at radius 2 is 1.85 bits per heavy atom. The molecule has 2 nitrogen and oxygen atoms in total. The van der Waals surface area contributed by atoms with Crippen molar-refractivity contribution < 1.29 is 4.74 Å². The Balaban J connectivity index is 2.43. The van der Waals surface area contributed by atoms with Crippen LogP contribution in [0.1, 0.15) is 17.2 Å². The van der Waals surface area contributed by atoms with Crippen molar-refractivity contribution >= 4 is 39.1 Å². The fraction of sp³-hybridized carbons (Fsp3) is 0.200. The minimum Gasteiger partial charge on any atom is -0.497 e. The first-order valence-corrected chi connectivity index (χ1v) is 7.57. The number of hydrogen-bond acceptors (Lipinski definition) is 2. The van der Waals surface area contributed by atoms with Crippen molar-refractivity contribution in [2.24, 2.45) is 0 Å². The van der Waals surface area contributed by atoms with Crippen molar-refractivity contribution in [3.63, 3.8) is 0 Å². The van der Waals surface area contributed by atoms with Gasteiger partial charge in [0, 0.05) is 9.50 Å². The summed E-state index contributed by atoms with van der Waals surface area (Å²) in [4.78, 5) is 0. The van der Waals surface area contributed by atoms with E-state index in [9.17, 15) is 0 Å². The molecule has 0 aliphatic rings. The van der Waals surface area contributed by atoms with Gasteiger partial charge in [-0.05, 0) is 58.4 Å². The highest BCUT2D eigenvalue weighted by atomic mass is 79.9. The van der Waals surface area contributed by atoms with Crippen molar-refractivity contribution in [2.45, 2.75) is 6.04 Å². The van der Waals surface area contributed by atoms with Gasteiger partial charge in [0.25, 0.3) is 0 Å². The second-order valence-electron chi connectivity index (χ2n) is 4.28. The first-order chi connectivity index (χ1) is 9.56. The summed E-state index contributed by atoms with van der Waals surface area (Å²) in [5.41, 5.74) is 2.03. The second-order valence-corrected chi connectivity index (χ2v) is 5.95. The maximum atomic E-state index is 6.34. The van der Waals surface area contributed by atoms with Gasteiger partial charge in [0.15, 0.2) is 0 Å². The molecule has 5 heteroatoms. The normalized spacial score (nSPS) is 12.2. The van der Waals surface area contributed by atoms with E-state index >= 15 is 0 Å². The molecule has 0 aliphatic carbocycles. The number of nitrogens with one attached hydrogen (secondary N) is 1. The van der Waals surface area contributed by atoms with Crippen LogP contribution in [0.25, 0.3) is 0 Å². The lowest BCUT2D eigenvalue weighted by molar-refractivity contribution is 0.414. The Kier molecular flexibility index (Phi) is 5.33. The third-order valence-electron chi connectivity index (χ3n) is 3.08. The minimum absolute atomic E-state index is 0.0287. The van der Waals surface area contributed by atoms with Gasteiger partial charge in [-0.3, -0.25) is 0 Å². The summed E-state index contributed by atoms with van der Waals surface area (Å²) in [5, 5.41) is 4.59. The van der Waals surface area contributed by atoms with Crippen molar-refractivity contribution in [1.82, 2.24) is 5.32 Å². The summed E-state index contributed by atoms with van der Waals surface area (Å²) in [5.74, 6) is 0.738. The molecule has 1 N–H and O–H groups in total. The van der Waals surface area contributed by atoms with Gasteiger partial charge in [0.2, 0.25) is 0 Å². The van der Waals surface area contributed by atoms with Crippen LogP contribution in [0.3, 0.4) is 0 Å². The number of rotatable bonds is 4. The molecular formula is C15H14BrCl2NO. The topological polar surface area (TPSA) is 21.3 Å². The lowest BCUT2D eigenvalue weighted by Crippen LogP contribution is -2.18. The predicted molar refractivity (Wildman–Crippen MR) is 88.1 cm³/mol. The van der Waals surface area contributed by atoms with Crippen molar-refractivity contribution in [2.75, 3.05) is 14.2 Å². The van der Waals surface area contributed by atoms with E-state index in [4.69, 9.17) is 27.9 Å². The highest BCUT2D eigenvalue weighted by Gasteiger charge is 2.16. The number of benzene rings is 2. The molecule has 0 fully saturated rings. The molecule has 0 heterocycles. The Labute approximate surface area is 137 Å². The fourth-order valence-corrected chi connectivity index (χ4v) is 2.78. The van der Waals surface area contributed by atoms with Crippen LogP contribution in [0.5, 0.6) is 5.75 Å². The molecule has 0 radical (unpaired) electrons. The first kappa shape index (κ1) is 15.6. The Morgan fingerprint density at radius 1 is 1.10 bits per heavy atom. The number of hydrogen-bond donors (Lipinski definition) is 1. The summed E-state index contributed by atoms with van der Waals surface area (Å²) in [6.45, 7) is 0. The van der Waals surface area contributed by atoms with E-state index in [0.717, 1.165) is 21.3 Å². The quantitative estimate of drug-likeness (QED) is 0.806. The van der Waals surface area contributed by atoms with Crippen molar-refractivity contribution in [3.05, 3.63) is 62.0 Å². The zero-order chi connectivity index (χ0) is 14.7. The maximum absolute atomic E-state index is 6.34. The largest absolute Gasteiger partial charge is 0.497 e. The average Bonchev–Trinajstić information content (AvgIpc) is 2.45. The van der Waals surface area contributed by atoms with Gasteiger partial charge < -0.3 is 10.1 Å². The van der Waals surface area contributed by atoms with Gasteiger partial charge in [-0.15, -0.1) is 0 Å². The predicted octanol–water partition coefficient (Wildman–Crippen LogP) is 5.07. The van der Waals surface area contributed by atoms with Gasteiger partial charge in [-0.2, -0.15) is 0 Å². The Hall–Kier alpha value is -0.740. The van der Waals surface area contributed by atoms with Crippen LogP contribution < -0.4 is 10.1 Å². The van der Waals surface area contributed by atoms with E-state index in [1.807, 2.05) is 43.4 Å². The van der Waals surface area contributed by atoms with Gasteiger partial charge >= 0.3 is 0 Å². The summed E-state index contributed by atoms with van der Waals surface area (Å²) in [6.07, 6.45) is 0. The summed E-state index contributed by atoms with van der Waals surface area (Å²) >= 11 is 15.9. The molecule has 2 aromatic carbocycles. The average molecular weight is 375 g/mol. The first-order valence-electron chi connectivity index (χ1n) is 6.02. The van der Waals surface area contributed by atoms with Crippen LogP contribution in [-0.2, 0) is 0 Å². The van der Waals surface area contributed by atoms with Crippen LogP contribution in [0.4, 0.5) is 0 Å². The zero-order valence-corrected chi connectivity index (χ0v) is 14.2. The summed E-state index contributed by atoms with van der Waals surface area (Å²) in [7, 11) is 3.51. The Bertz CT molecular complexity index is 619. The lowest BCUT2D eigenvalue weighted by Gasteiger charge is -2.19. The van der Waals surface area contributed by atoms with E-state index in [2.05, 4.69) is 21.2 Å². The van der Waals surface area contributed by atoms with Gasteiger partial charge in [-0.1, -0.05) is 35.3 Å². The monoisotopic (exact) mass is 373 g/mol. The van der Waals surface area contributed by atoms with E-state index < -0.39 is 0 Å². The molecule has 0 amide bonds.